The average Bonchev–Trinajstić information content (AvgIpc) is 2.62. The van der Waals surface area contributed by atoms with Gasteiger partial charge in [0.25, 0.3) is 5.91 Å². The number of ether oxygens (including phenoxy) is 2. The lowest BCUT2D eigenvalue weighted by molar-refractivity contribution is -0.137. The van der Waals surface area contributed by atoms with E-state index in [1.54, 1.807) is 30.9 Å². The molecule has 0 spiro atoms. The number of carboxylic acids is 1. The Hall–Kier alpha value is -3.02. The van der Waals surface area contributed by atoms with E-state index in [9.17, 15) is 9.59 Å². The molecular weight excluding hydrogens is 358 g/mol. The van der Waals surface area contributed by atoms with E-state index >= 15 is 0 Å². The Kier molecular flexibility index (Phi) is 5.31. The maximum Gasteiger partial charge on any atom is 0.303 e. The zero-order chi connectivity index (χ0) is 20.5. The molecule has 1 heterocycles. The van der Waals surface area contributed by atoms with E-state index < -0.39 is 11.6 Å². The first kappa shape index (κ1) is 19.7. The van der Waals surface area contributed by atoms with Crippen LogP contribution in [0.4, 0.5) is 5.69 Å². The zero-order valence-corrected chi connectivity index (χ0v) is 16.6. The van der Waals surface area contributed by atoms with Gasteiger partial charge in [0.15, 0.2) is 12.3 Å². The summed E-state index contributed by atoms with van der Waals surface area (Å²) in [5.74, 6) is 0.185. The van der Waals surface area contributed by atoms with Gasteiger partial charge in [0.2, 0.25) is 0 Å². The Labute approximate surface area is 164 Å². The summed E-state index contributed by atoms with van der Waals surface area (Å²) in [5, 5.41) is 8.92. The van der Waals surface area contributed by atoms with Gasteiger partial charge >= 0.3 is 5.97 Å². The summed E-state index contributed by atoms with van der Waals surface area (Å²) >= 11 is 0. The molecule has 3 rings (SSSR count). The first-order valence-electron chi connectivity index (χ1n) is 9.23. The fraction of sp³-hybridized carbons (Fsp3) is 0.364. The molecular formula is C22H25NO5. The maximum absolute atomic E-state index is 12.9. The van der Waals surface area contributed by atoms with Crippen molar-refractivity contribution in [2.45, 2.75) is 45.6 Å². The van der Waals surface area contributed by atoms with Crippen LogP contribution < -0.4 is 14.4 Å². The molecule has 1 atom stereocenters. The molecule has 1 N–H and O–H groups in total. The van der Waals surface area contributed by atoms with Crippen LogP contribution in [-0.4, -0.2) is 29.3 Å². The lowest BCUT2D eigenvalue weighted by atomic mass is 9.98. The summed E-state index contributed by atoms with van der Waals surface area (Å²) in [6, 6.07) is 13.0. The zero-order valence-electron chi connectivity index (χ0n) is 16.6. The highest BCUT2D eigenvalue weighted by Gasteiger charge is 2.41. The monoisotopic (exact) mass is 383 g/mol. The van der Waals surface area contributed by atoms with Crippen molar-refractivity contribution in [2.75, 3.05) is 11.6 Å². The van der Waals surface area contributed by atoms with E-state index in [0.717, 1.165) is 11.1 Å². The minimum Gasteiger partial charge on any atom is -0.481 e. The number of aliphatic carboxylic acids is 1. The number of benzene rings is 2. The van der Waals surface area contributed by atoms with Crippen LogP contribution in [0.25, 0.3) is 0 Å². The van der Waals surface area contributed by atoms with E-state index in [2.05, 4.69) is 0 Å². The lowest BCUT2D eigenvalue weighted by Gasteiger charge is -2.38. The summed E-state index contributed by atoms with van der Waals surface area (Å²) in [7, 11) is 0. The van der Waals surface area contributed by atoms with Crippen LogP contribution in [-0.2, 0) is 9.59 Å². The highest BCUT2D eigenvalue weighted by atomic mass is 16.5. The van der Waals surface area contributed by atoms with Gasteiger partial charge < -0.3 is 14.6 Å². The number of hydrogen-bond donors (Lipinski definition) is 1. The minimum atomic E-state index is -0.970. The van der Waals surface area contributed by atoms with Gasteiger partial charge in [0.05, 0.1) is 12.1 Å². The third-order valence-corrected chi connectivity index (χ3v) is 4.82. The van der Waals surface area contributed by atoms with Crippen molar-refractivity contribution in [2.24, 2.45) is 0 Å². The number of carbonyl (C=O) groups excluding carboxylic acids is 1. The number of hydrogen-bond acceptors (Lipinski definition) is 4. The molecule has 1 unspecified atom stereocenters. The highest BCUT2D eigenvalue weighted by molar-refractivity contribution is 6.02. The molecule has 1 amide bonds. The van der Waals surface area contributed by atoms with Crippen molar-refractivity contribution in [3.05, 3.63) is 53.6 Å². The molecule has 0 aliphatic carbocycles. The van der Waals surface area contributed by atoms with Crippen LogP contribution in [0, 0.1) is 6.92 Å². The quantitative estimate of drug-likeness (QED) is 0.812. The molecule has 0 fully saturated rings. The Morgan fingerprint density at radius 1 is 1.21 bits per heavy atom. The number of carboxylic acid groups (broad SMARTS) is 1. The minimum absolute atomic E-state index is 0.0616. The molecule has 6 heteroatoms. The molecule has 0 saturated heterocycles. The molecule has 28 heavy (non-hydrogen) atoms. The maximum atomic E-state index is 12.9. The number of amides is 1. The van der Waals surface area contributed by atoms with Crippen molar-refractivity contribution in [1.82, 2.24) is 0 Å². The Bertz CT molecular complexity index is 888. The molecule has 0 aromatic heterocycles. The second-order valence-electron chi connectivity index (χ2n) is 7.66. The highest BCUT2D eigenvalue weighted by Crippen LogP contribution is 2.38. The first-order chi connectivity index (χ1) is 13.2. The first-order valence-corrected chi connectivity index (χ1v) is 9.23. The van der Waals surface area contributed by atoms with Crippen LogP contribution in [0.2, 0.25) is 0 Å². The topological polar surface area (TPSA) is 76.1 Å². The van der Waals surface area contributed by atoms with Gasteiger partial charge in [-0.3, -0.25) is 14.5 Å². The van der Waals surface area contributed by atoms with Crippen molar-refractivity contribution in [1.29, 1.82) is 0 Å². The Morgan fingerprint density at radius 2 is 1.89 bits per heavy atom. The van der Waals surface area contributed by atoms with Crippen molar-refractivity contribution >= 4 is 17.6 Å². The number of rotatable bonds is 6. The van der Waals surface area contributed by atoms with Crippen LogP contribution >= 0.6 is 0 Å². The van der Waals surface area contributed by atoms with E-state index in [0.29, 0.717) is 17.2 Å². The summed E-state index contributed by atoms with van der Waals surface area (Å²) in [6.07, 6.45) is 0.0771. The third-order valence-electron chi connectivity index (χ3n) is 4.82. The molecule has 2 aromatic carbocycles. The average molecular weight is 383 g/mol. The van der Waals surface area contributed by atoms with Crippen molar-refractivity contribution in [3.8, 4) is 11.5 Å². The van der Waals surface area contributed by atoms with Crippen molar-refractivity contribution < 1.29 is 24.2 Å². The van der Waals surface area contributed by atoms with E-state index in [1.807, 2.05) is 44.2 Å². The van der Waals surface area contributed by atoms with Crippen LogP contribution in [0.3, 0.4) is 0 Å². The van der Waals surface area contributed by atoms with Gasteiger partial charge in [-0.15, -0.1) is 0 Å². The Morgan fingerprint density at radius 3 is 2.54 bits per heavy atom. The smallest absolute Gasteiger partial charge is 0.303 e. The molecule has 0 bridgehead atoms. The second kappa shape index (κ2) is 7.54. The molecule has 0 saturated carbocycles. The normalized spacial score (nSPS) is 16.1. The molecule has 1 aliphatic rings. The summed E-state index contributed by atoms with van der Waals surface area (Å²) in [4.78, 5) is 25.3. The number of aryl methyl sites for hydroxylation is 1. The Balaban J connectivity index is 1.76. The van der Waals surface area contributed by atoms with Crippen LogP contribution in [0.5, 0.6) is 11.5 Å². The molecule has 0 radical (unpaired) electrons. The van der Waals surface area contributed by atoms with Gasteiger partial charge in [-0.05, 0) is 62.1 Å². The summed E-state index contributed by atoms with van der Waals surface area (Å²) < 4.78 is 11.7. The van der Waals surface area contributed by atoms with Gasteiger partial charge in [-0.1, -0.05) is 25.1 Å². The van der Waals surface area contributed by atoms with E-state index in [1.165, 1.54) is 0 Å². The SMILES string of the molecule is Cc1ccc2c(c1)N(COc1ccc(C(C)CC(=O)O)cc1)C(=O)C(C)(C)O2. The number of nitrogens with zero attached hydrogens (tertiary/aromatic N) is 1. The summed E-state index contributed by atoms with van der Waals surface area (Å²) in [6.45, 7) is 7.37. The largest absolute Gasteiger partial charge is 0.481 e. The predicted octanol–water partition coefficient (Wildman–Crippen LogP) is 4.11. The molecule has 2 aromatic rings. The number of carbonyl (C=O) groups is 2. The molecule has 6 nitrogen and oxygen atoms in total. The molecule has 148 valence electrons. The van der Waals surface area contributed by atoms with Crippen LogP contribution in [0.1, 0.15) is 44.2 Å². The van der Waals surface area contributed by atoms with Gasteiger partial charge in [0.1, 0.15) is 11.5 Å². The fourth-order valence-corrected chi connectivity index (χ4v) is 3.22. The van der Waals surface area contributed by atoms with Crippen molar-refractivity contribution in [3.63, 3.8) is 0 Å². The number of fused-ring (bicyclic) bond motifs is 1. The van der Waals surface area contributed by atoms with E-state index in [4.69, 9.17) is 14.6 Å². The standard InChI is InChI=1S/C22H25NO5/c1-14-5-10-19-18(11-14)23(21(26)22(3,4)28-19)13-27-17-8-6-16(7-9-17)15(2)12-20(24)25/h5-11,15H,12-13H2,1-4H3,(H,24,25). The predicted molar refractivity (Wildman–Crippen MR) is 106 cm³/mol. The fourth-order valence-electron chi connectivity index (χ4n) is 3.22. The second-order valence-corrected chi connectivity index (χ2v) is 7.66. The summed E-state index contributed by atoms with van der Waals surface area (Å²) in [5.41, 5.74) is 1.67. The van der Waals surface area contributed by atoms with Gasteiger partial charge in [-0.25, -0.2) is 0 Å². The lowest BCUT2D eigenvalue weighted by Crippen LogP contribution is -2.53. The molecule has 1 aliphatic heterocycles. The number of anilines is 1. The van der Waals surface area contributed by atoms with E-state index in [-0.39, 0.29) is 25.0 Å². The van der Waals surface area contributed by atoms with Gasteiger partial charge in [-0.2, -0.15) is 0 Å². The van der Waals surface area contributed by atoms with Gasteiger partial charge in [0, 0.05) is 0 Å². The van der Waals surface area contributed by atoms with Crippen LogP contribution in [0.15, 0.2) is 42.5 Å². The third kappa shape index (κ3) is 4.11.